The van der Waals surface area contributed by atoms with Gasteiger partial charge in [-0.15, -0.1) is 0 Å². The van der Waals surface area contributed by atoms with Gasteiger partial charge in [-0.25, -0.2) is 15.0 Å². The van der Waals surface area contributed by atoms with Crippen LogP contribution in [-0.4, -0.2) is 19.9 Å². The number of aromatic nitrogens is 4. The summed E-state index contributed by atoms with van der Waals surface area (Å²) in [6.07, 6.45) is 1.83. The Morgan fingerprint density at radius 2 is 0.863 bits per heavy atom. The van der Waals surface area contributed by atoms with E-state index in [-0.39, 0.29) is 5.41 Å². The van der Waals surface area contributed by atoms with Crippen molar-refractivity contribution in [2.75, 3.05) is 0 Å². The third kappa shape index (κ3) is 5.61. The maximum Gasteiger partial charge on any atom is 0.164 e. The highest BCUT2D eigenvalue weighted by atomic mass is 15.0. The van der Waals surface area contributed by atoms with E-state index >= 15 is 0 Å². The standard InChI is InChI=1S/C47H34N4/c1-47(2)41-18-10-9-17-39(41)40-25-24-35(30-42(40)47)37-27-36(31-20-22-32(23-21-31)43-19-11-12-26-48-43)28-38(29-37)46-50-44(33-13-5-3-6-14-33)49-45(51-46)34-15-7-4-8-16-34/h3-30H,1-2H3. The predicted molar refractivity (Wildman–Crippen MR) is 208 cm³/mol. The molecule has 9 rings (SSSR count). The summed E-state index contributed by atoms with van der Waals surface area (Å²) >= 11 is 0. The van der Waals surface area contributed by atoms with Crippen LogP contribution in [0, 0.1) is 0 Å². The van der Waals surface area contributed by atoms with Crippen molar-refractivity contribution >= 4 is 0 Å². The number of pyridine rings is 1. The Morgan fingerprint density at radius 1 is 0.353 bits per heavy atom. The average Bonchev–Trinajstić information content (AvgIpc) is 3.44. The fraction of sp³-hybridized carbons (Fsp3) is 0.0638. The van der Waals surface area contributed by atoms with Crippen molar-refractivity contribution < 1.29 is 0 Å². The maximum absolute atomic E-state index is 5.10. The van der Waals surface area contributed by atoms with Crippen LogP contribution in [0.2, 0.25) is 0 Å². The lowest BCUT2D eigenvalue weighted by atomic mass is 9.81. The molecule has 6 aromatic carbocycles. The Balaban J connectivity index is 1.23. The van der Waals surface area contributed by atoms with Crippen LogP contribution in [0.25, 0.3) is 78.8 Å². The van der Waals surface area contributed by atoms with Gasteiger partial charge in [-0.2, -0.15) is 0 Å². The summed E-state index contributed by atoms with van der Waals surface area (Å²) < 4.78 is 0. The number of benzene rings is 6. The lowest BCUT2D eigenvalue weighted by Crippen LogP contribution is -2.14. The molecule has 8 aromatic rings. The maximum atomic E-state index is 5.10. The second-order valence-corrected chi connectivity index (χ2v) is 13.6. The van der Waals surface area contributed by atoms with E-state index in [1.807, 2.05) is 85.1 Å². The van der Waals surface area contributed by atoms with Crippen molar-refractivity contribution in [1.29, 1.82) is 0 Å². The minimum Gasteiger partial charge on any atom is -0.256 e. The molecule has 51 heavy (non-hydrogen) atoms. The molecule has 1 aliphatic carbocycles. The van der Waals surface area contributed by atoms with E-state index in [2.05, 4.69) is 104 Å². The zero-order chi connectivity index (χ0) is 34.4. The fourth-order valence-electron chi connectivity index (χ4n) is 7.28. The van der Waals surface area contributed by atoms with Gasteiger partial charge < -0.3 is 0 Å². The molecule has 0 bridgehead atoms. The lowest BCUT2D eigenvalue weighted by Gasteiger charge is -2.22. The molecule has 0 atom stereocenters. The molecule has 1 aliphatic rings. The largest absolute Gasteiger partial charge is 0.256 e. The molecule has 0 unspecified atom stereocenters. The molecule has 0 fully saturated rings. The topological polar surface area (TPSA) is 51.6 Å². The second-order valence-electron chi connectivity index (χ2n) is 13.6. The third-order valence-electron chi connectivity index (χ3n) is 9.99. The molecule has 0 spiro atoms. The van der Waals surface area contributed by atoms with Crippen molar-refractivity contribution in [2.24, 2.45) is 0 Å². The lowest BCUT2D eigenvalue weighted by molar-refractivity contribution is 0.660. The highest BCUT2D eigenvalue weighted by molar-refractivity contribution is 5.86. The molecule has 0 amide bonds. The fourth-order valence-corrected chi connectivity index (χ4v) is 7.28. The molecule has 0 saturated carbocycles. The quantitative estimate of drug-likeness (QED) is 0.179. The van der Waals surface area contributed by atoms with Crippen LogP contribution in [-0.2, 0) is 5.41 Å². The van der Waals surface area contributed by atoms with Crippen LogP contribution in [0.1, 0.15) is 25.0 Å². The summed E-state index contributed by atoms with van der Waals surface area (Å²) in [7, 11) is 0. The van der Waals surface area contributed by atoms with Crippen molar-refractivity contribution in [3.05, 3.63) is 181 Å². The molecule has 4 nitrogen and oxygen atoms in total. The highest BCUT2D eigenvalue weighted by Crippen LogP contribution is 2.49. The van der Waals surface area contributed by atoms with Crippen molar-refractivity contribution in [3.63, 3.8) is 0 Å². The number of nitrogens with zero attached hydrogens (tertiary/aromatic N) is 4. The summed E-state index contributed by atoms with van der Waals surface area (Å²) in [5.41, 5.74) is 14.5. The number of hydrogen-bond acceptors (Lipinski definition) is 4. The highest BCUT2D eigenvalue weighted by Gasteiger charge is 2.35. The Labute approximate surface area is 298 Å². The molecule has 0 saturated heterocycles. The van der Waals surface area contributed by atoms with Crippen LogP contribution in [0.5, 0.6) is 0 Å². The van der Waals surface area contributed by atoms with Crippen molar-refractivity contribution in [1.82, 2.24) is 19.9 Å². The van der Waals surface area contributed by atoms with E-state index in [0.717, 1.165) is 50.2 Å². The molecule has 2 aromatic heterocycles. The summed E-state index contributed by atoms with van der Waals surface area (Å²) in [6.45, 7) is 4.65. The average molecular weight is 655 g/mol. The Kier molecular flexibility index (Phi) is 7.44. The zero-order valence-corrected chi connectivity index (χ0v) is 28.5. The molecule has 0 radical (unpaired) electrons. The predicted octanol–water partition coefficient (Wildman–Crippen LogP) is 11.6. The van der Waals surface area contributed by atoms with Crippen molar-refractivity contribution in [3.8, 4) is 78.8 Å². The summed E-state index contributed by atoms with van der Waals surface area (Å²) in [5.74, 6) is 1.91. The second kappa shape index (κ2) is 12.4. The molecule has 0 N–H and O–H groups in total. The third-order valence-corrected chi connectivity index (χ3v) is 9.99. The summed E-state index contributed by atoms with van der Waals surface area (Å²) in [6, 6.07) is 57.3. The Bertz CT molecular complexity index is 2470. The van der Waals surface area contributed by atoms with Gasteiger partial charge in [0.2, 0.25) is 0 Å². The smallest absolute Gasteiger partial charge is 0.164 e. The van der Waals surface area contributed by atoms with Crippen LogP contribution in [0.4, 0.5) is 0 Å². The summed E-state index contributed by atoms with van der Waals surface area (Å²) in [5, 5.41) is 0. The van der Waals surface area contributed by atoms with Gasteiger partial charge in [0.1, 0.15) is 0 Å². The number of hydrogen-bond donors (Lipinski definition) is 0. The normalized spacial score (nSPS) is 12.7. The molecule has 4 heteroatoms. The minimum atomic E-state index is -0.104. The van der Waals surface area contributed by atoms with E-state index < -0.39 is 0 Å². The van der Waals surface area contributed by atoms with Gasteiger partial charge in [-0.1, -0.05) is 141 Å². The Morgan fingerprint density at radius 3 is 1.51 bits per heavy atom. The molecule has 242 valence electrons. The zero-order valence-electron chi connectivity index (χ0n) is 28.5. The van der Waals surface area contributed by atoms with Gasteiger partial charge in [-0.3, -0.25) is 4.98 Å². The van der Waals surface area contributed by atoms with E-state index in [1.165, 1.54) is 22.3 Å². The van der Waals surface area contributed by atoms with Crippen LogP contribution in [0.15, 0.2) is 170 Å². The van der Waals surface area contributed by atoms with Crippen LogP contribution >= 0.6 is 0 Å². The van der Waals surface area contributed by atoms with Crippen molar-refractivity contribution in [2.45, 2.75) is 19.3 Å². The molecule has 0 aliphatic heterocycles. The van der Waals surface area contributed by atoms with Gasteiger partial charge in [-0.05, 0) is 80.9 Å². The first-order valence-electron chi connectivity index (χ1n) is 17.3. The van der Waals surface area contributed by atoms with Gasteiger partial charge in [0, 0.05) is 33.9 Å². The minimum absolute atomic E-state index is 0.104. The van der Waals surface area contributed by atoms with Crippen LogP contribution in [0.3, 0.4) is 0 Å². The van der Waals surface area contributed by atoms with E-state index in [0.29, 0.717) is 17.5 Å². The van der Waals surface area contributed by atoms with E-state index in [4.69, 9.17) is 15.0 Å². The van der Waals surface area contributed by atoms with E-state index in [1.54, 1.807) is 0 Å². The first kappa shape index (κ1) is 30.5. The molecular formula is C47H34N4. The number of fused-ring (bicyclic) bond motifs is 3. The molecular weight excluding hydrogens is 621 g/mol. The van der Waals surface area contributed by atoms with E-state index in [9.17, 15) is 0 Å². The van der Waals surface area contributed by atoms with Gasteiger partial charge in [0.05, 0.1) is 5.69 Å². The van der Waals surface area contributed by atoms with Gasteiger partial charge in [0.25, 0.3) is 0 Å². The molecule has 2 heterocycles. The number of rotatable bonds is 6. The Hall–Kier alpha value is -6.52. The van der Waals surface area contributed by atoms with Gasteiger partial charge in [0.15, 0.2) is 17.5 Å². The SMILES string of the molecule is CC1(C)c2ccccc2-c2ccc(-c3cc(-c4ccc(-c5ccccn5)cc4)cc(-c4nc(-c5ccccc5)nc(-c5ccccc5)n4)c3)cc21. The summed E-state index contributed by atoms with van der Waals surface area (Å²) in [4.78, 5) is 19.7. The monoisotopic (exact) mass is 654 g/mol. The first-order valence-corrected chi connectivity index (χ1v) is 17.3. The van der Waals surface area contributed by atoms with Gasteiger partial charge >= 0.3 is 0 Å². The van der Waals surface area contributed by atoms with Crippen LogP contribution < -0.4 is 0 Å². The first-order chi connectivity index (χ1) is 25.0.